The Labute approximate surface area is 129 Å². The first-order valence-corrected chi connectivity index (χ1v) is 8.26. The van der Waals surface area contributed by atoms with Gasteiger partial charge in [0, 0.05) is 17.7 Å². The second-order valence-corrected chi connectivity index (χ2v) is 6.62. The average molecular weight is 291 g/mol. The molecule has 0 aromatic rings. The number of piperidine rings is 1. The summed E-state index contributed by atoms with van der Waals surface area (Å²) in [5.74, 6) is 1.36. The smallest absolute Gasteiger partial charge is 0.230 e. The van der Waals surface area contributed by atoms with E-state index in [1.807, 2.05) is 0 Å². The second-order valence-electron chi connectivity index (χ2n) is 6.62. The van der Waals surface area contributed by atoms with E-state index >= 15 is 0 Å². The number of hydrogen-bond acceptors (Lipinski definition) is 2. The standard InChI is InChI=1S/C18H29NO2/c1-6-10-21-11-17-14(7-2)13(5)16-9-8-15(12(3)4)18(20)19(16)17/h6,12-13,15-16H,1,7-11H2,2-5H3/t13-,15+,16-/m0/s1. The van der Waals surface area contributed by atoms with Gasteiger partial charge in [0.1, 0.15) is 0 Å². The molecule has 0 saturated carbocycles. The van der Waals surface area contributed by atoms with Gasteiger partial charge in [0.05, 0.1) is 13.2 Å². The van der Waals surface area contributed by atoms with Gasteiger partial charge in [-0.05, 0) is 36.7 Å². The molecule has 0 aromatic carbocycles. The molecule has 2 aliphatic heterocycles. The molecule has 0 unspecified atom stereocenters. The Hall–Kier alpha value is -1.09. The van der Waals surface area contributed by atoms with E-state index < -0.39 is 0 Å². The van der Waals surface area contributed by atoms with Crippen LogP contribution in [0.5, 0.6) is 0 Å². The number of carbonyl (C=O) groups excluding carboxylic acids is 1. The monoisotopic (exact) mass is 291 g/mol. The first-order chi connectivity index (χ1) is 10.0. The van der Waals surface area contributed by atoms with Gasteiger partial charge >= 0.3 is 0 Å². The Morgan fingerprint density at radius 3 is 2.71 bits per heavy atom. The lowest BCUT2D eigenvalue weighted by Crippen LogP contribution is -2.48. The summed E-state index contributed by atoms with van der Waals surface area (Å²) in [4.78, 5) is 15.0. The third-order valence-electron chi connectivity index (χ3n) is 5.11. The maximum absolute atomic E-state index is 12.9. The SMILES string of the molecule is C=CCOCC1=C(CC)[C@H](C)[C@@H]2CC[C@H](C(C)C)C(=O)N12. The number of nitrogens with zero attached hydrogens (tertiary/aromatic N) is 1. The fraction of sp³-hybridized carbons (Fsp3) is 0.722. The second kappa shape index (κ2) is 6.78. The molecule has 0 aliphatic carbocycles. The zero-order valence-corrected chi connectivity index (χ0v) is 13.9. The highest BCUT2D eigenvalue weighted by atomic mass is 16.5. The van der Waals surface area contributed by atoms with E-state index in [2.05, 4.69) is 39.2 Å². The largest absolute Gasteiger partial charge is 0.371 e. The average Bonchev–Trinajstić information content (AvgIpc) is 2.72. The minimum absolute atomic E-state index is 0.166. The molecule has 2 rings (SSSR count). The molecule has 0 aromatic heterocycles. The molecule has 2 aliphatic rings. The van der Waals surface area contributed by atoms with E-state index in [1.165, 1.54) is 5.57 Å². The Kier molecular flexibility index (Phi) is 5.26. The molecular weight excluding hydrogens is 262 g/mol. The number of rotatable bonds is 6. The molecule has 3 heteroatoms. The fourth-order valence-corrected chi connectivity index (χ4v) is 3.95. The molecule has 1 fully saturated rings. The molecule has 0 spiro atoms. The van der Waals surface area contributed by atoms with E-state index in [9.17, 15) is 4.79 Å². The molecule has 118 valence electrons. The molecule has 21 heavy (non-hydrogen) atoms. The predicted molar refractivity (Wildman–Crippen MR) is 85.7 cm³/mol. The lowest BCUT2D eigenvalue weighted by atomic mass is 9.81. The number of amides is 1. The van der Waals surface area contributed by atoms with Crippen molar-refractivity contribution in [3.8, 4) is 0 Å². The van der Waals surface area contributed by atoms with E-state index in [4.69, 9.17) is 4.74 Å². The fourth-order valence-electron chi connectivity index (χ4n) is 3.95. The van der Waals surface area contributed by atoms with Gasteiger partial charge in [-0.25, -0.2) is 0 Å². The van der Waals surface area contributed by atoms with Gasteiger partial charge in [-0.1, -0.05) is 33.8 Å². The highest BCUT2D eigenvalue weighted by molar-refractivity contribution is 5.83. The van der Waals surface area contributed by atoms with Crippen LogP contribution in [0.2, 0.25) is 0 Å². The van der Waals surface area contributed by atoms with Gasteiger partial charge in [-0.15, -0.1) is 6.58 Å². The summed E-state index contributed by atoms with van der Waals surface area (Å²) in [5, 5.41) is 0. The molecule has 0 bridgehead atoms. The van der Waals surface area contributed by atoms with Crippen molar-refractivity contribution in [3.05, 3.63) is 23.9 Å². The van der Waals surface area contributed by atoms with Crippen molar-refractivity contribution >= 4 is 5.91 Å². The summed E-state index contributed by atoms with van der Waals surface area (Å²) < 4.78 is 5.67. The summed E-state index contributed by atoms with van der Waals surface area (Å²) in [5.41, 5.74) is 2.54. The van der Waals surface area contributed by atoms with Crippen molar-refractivity contribution in [2.24, 2.45) is 17.8 Å². The molecule has 3 nitrogen and oxygen atoms in total. The van der Waals surface area contributed by atoms with Crippen molar-refractivity contribution in [2.45, 2.75) is 53.0 Å². The van der Waals surface area contributed by atoms with Crippen molar-refractivity contribution in [1.29, 1.82) is 0 Å². The number of ether oxygens (including phenoxy) is 1. The molecule has 1 amide bonds. The van der Waals surface area contributed by atoms with Crippen LogP contribution >= 0.6 is 0 Å². The quantitative estimate of drug-likeness (QED) is 0.551. The van der Waals surface area contributed by atoms with Crippen LogP contribution in [-0.4, -0.2) is 30.1 Å². The summed E-state index contributed by atoms with van der Waals surface area (Å²) in [6, 6.07) is 0.352. The van der Waals surface area contributed by atoms with Crippen LogP contribution in [0.1, 0.15) is 47.0 Å². The summed E-state index contributed by atoms with van der Waals surface area (Å²) in [7, 11) is 0. The topological polar surface area (TPSA) is 29.5 Å². The van der Waals surface area contributed by atoms with Gasteiger partial charge in [0.25, 0.3) is 0 Å². The molecule has 0 radical (unpaired) electrons. The number of fused-ring (bicyclic) bond motifs is 1. The van der Waals surface area contributed by atoms with Crippen LogP contribution in [-0.2, 0) is 9.53 Å². The zero-order valence-electron chi connectivity index (χ0n) is 13.9. The van der Waals surface area contributed by atoms with Gasteiger partial charge in [0.15, 0.2) is 0 Å². The molecule has 0 N–H and O–H groups in total. The van der Waals surface area contributed by atoms with Crippen LogP contribution in [0.15, 0.2) is 23.9 Å². The van der Waals surface area contributed by atoms with Gasteiger partial charge in [-0.3, -0.25) is 4.79 Å². The minimum atomic E-state index is 0.166. The van der Waals surface area contributed by atoms with E-state index in [0.29, 0.717) is 37.0 Å². The van der Waals surface area contributed by atoms with E-state index in [0.717, 1.165) is 25.0 Å². The number of hydrogen-bond donors (Lipinski definition) is 0. The van der Waals surface area contributed by atoms with Crippen LogP contribution in [0.3, 0.4) is 0 Å². The summed E-state index contributed by atoms with van der Waals surface area (Å²) in [6.45, 7) is 13.5. The molecule has 1 saturated heterocycles. The molecule has 3 atom stereocenters. The van der Waals surface area contributed by atoms with Gasteiger partial charge < -0.3 is 9.64 Å². The Bertz CT molecular complexity index is 438. The van der Waals surface area contributed by atoms with Crippen LogP contribution < -0.4 is 0 Å². The predicted octanol–water partition coefficient (Wildman–Crippen LogP) is 3.77. The Morgan fingerprint density at radius 2 is 2.14 bits per heavy atom. The number of carbonyl (C=O) groups is 1. The van der Waals surface area contributed by atoms with Gasteiger partial charge in [0.2, 0.25) is 5.91 Å². The maximum atomic E-state index is 12.9. The van der Waals surface area contributed by atoms with Crippen LogP contribution in [0.25, 0.3) is 0 Å². The lowest BCUT2D eigenvalue weighted by molar-refractivity contribution is -0.141. The van der Waals surface area contributed by atoms with Crippen LogP contribution in [0, 0.1) is 17.8 Å². The highest BCUT2D eigenvalue weighted by Crippen LogP contribution is 2.43. The zero-order chi connectivity index (χ0) is 15.6. The van der Waals surface area contributed by atoms with Crippen molar-refractivity contribution in [2.75, 3.05) is 13.2 Å². The van der Waals surface area contributed by atoms with E-state index in [-0.39, 0.29) is 5.92 Å². The van der Waals surface area contributed by atoms with Gasteiger partial charge in [-0.2, -0.15) is 0 Å². The summed E-state index contributed by atoms with van der Waals surface area (Å²) >= 11 is 0. The molecule has 2 heterocycles. The maximum Gasteiger partial charge on any atom is 0.230 e. The first kappa shape index (κ1) is 16.3. The Balaban J connectivity index is 2.26. The van der Waals surface area contributed by atoms with E-state index in [1.54, 1.807) is 6.08 Å². The third kappa shape index (κ3) is 2.94. The Morgan fingerprint density at radius 1 is 1.43 bits per heavy atom. The van der Waals surface area contributed by atoms with Crippen LogP contribution in [0.4, 0.5) is 0 Å². The van der Waals surface area contributed by atoms with Crippen molar-refractivity contribution < 1.29 is 9.53 Å². The lowest BCUT2D eigenvalue weighted by Gasteiger charge is -2.39. The van der Waals surface area contributed by atoms with Crippen molar-refractivity contribution in [3.63, 3.8) is 0 Å². The minimum Gasteiger partial charge on any atom is -0.371 e. The highest BCUT2D eigenvalue weighted by Gasteiger charge is 2.46. The summed E-state index contributed by atoms with van der Waals surface area (Å²) in [6.07, 6.45) is 4.90. The molecular formula is C18H29NO2. The third-order valence-corrected chi connectivity index (χ3v) is 5.11. The first-order valence-electron chi connectivity index (χ1n) is 8.26. The normalized spacial score (nSPS) is 29.3. The van der Waals surface area contributed by atoms with Crippen molar-refractivity contribution in [1.82, 2.24) is 4.90 Å².